The standard InChI is InChI=1S/C29H45N9O6/c1-18(2)13-23(25(40)34-15-21(39)16-35-32)36-27(42)24(14-19(3)4)37-26(41)22(11-8-12-33-28(30)31)38-29(43)44-17-20-9-6-5-7-10-20/h5-7,9-10,16,18-19,22-24H,8,11-15,17H2,1-4H3,(H8-,30,31,33,34,36,37,38,39,40,41,42,43)/p+1/b21-16-/t22-,23-,24-/m0/s1. The average Bonchev–Trinajstić information content (AvgIpc) is 2.95. The fraction of sp³-hybridized carbons (Fsp3) is 0.552. The van der Waals surface area contributed by atoms with E-state index in [1.165, 1.54) is 0 Å². The third-order valence-electron chi connectivity index (χ3n) is 6.10. The van der Waals surface area contributed by atoms with Gasteiger partial charge in [0.15, 0.2) is 16.7 Å². The third kappa shape index (κ3) is 15.9. The molecule has 1 aromatic rings. The van der Waals surface area contributed by atoms with Gasteiger partial charge in [0, 0.05) is 6.54 Å². The van der Waals surface area contributed by atoms with E-state index < -0.39 is 41.9 Å². The minimum Gasteiger partial charge on any atom is -0.504 e. The quantitative estimate of drug-likeness (QED) is 0.0417. The Morgan fingerprint density at radius 2 is 1.50 bits per heavy atom. The number of carbonyl (C=O) groups is 4. The van der Waals surface area contributed by atoms with Crippen molar-refractivity contribution in [2.24, 2.45) is 28.3 Å². The molecule has 9 N–H and O–H groups in total. The van der Waals surface area contributed by atoms with E-state index in [9.17, 15) is 24.3 Å². The number of hydrogen-bond acceptors (Lipinski definition) is 8. The highest BCUT2D eigenvalue weighted by Gasteiger charge is 2.30. The molecule has 0 heterocycles. The normalized spacial score (nSPS) is 13.2. The van der Waals surface area contributed by atoms with E-state index >= 15 is 0 Å². The van der Waals surface area contributed by atoms with Crippen molar-refractivity contribution in [3.63, 3.8) is 0 Å². The first-order valence-electron chi connectivity index (χ1n) is 14.5. The molecule has 0 aliphatic rings. The highest BCUT2D eigenvalue weighted by Crippen LogP contribution is 2.11. The predicted molar refractivity (Wildman–Crippen MR) is 165 cm³/mol. The van der Waals surface area contributed by atoms with Crippen molar-refractivity contribution in [2.75, 3.05) is 13.1 Å². The second kappa shape index (κ2) is 20.1. The van der Waals surface area contributed by atoms with Gasteiger partial charge in [0.25, 0.3) is 0 Å². The van der Waals surface area contributed by atoms with Gasteiger partial charge in [0.1, 0.15) is 24.7 Å². The van der Waals surface area contributed by atoms with Crippen molar-refractivity contribution in [3.05, 3.63) is 52.8 Å². The summed E-state index contributed by atoms with van der Waals surface area (Å²) >= 11 is 0. The third-order valence-corrected chi connectivity index (χ3v) is 6.10. The number of rotatable bonds is 18. The minimum absolute atomic E-state index is 0.00493. The number of diazo groups is 1. The van der Waals surface area contributed by atoms with Crippen molar-refractivity contribution in [2.45, 2.75) is 78.1 Å². The van der Waals surface area contributed by atoms with Crippen LogP contribution in [0.4, 0.5) is 4.79 Å². The lowest BCUT2D eigenvalue weighted by Crippen LogP contribution is -2.57. The lowest BCUT2D eigenvalue weighted by atomic mass is 9.99. The van der Waals surface area contributed by atoms with E-state index in [0.717, 1.165) is 11.8 Å². The molecule has 242 valence electrons. The van der Waals surface area contributed by atoms with Crippen molar-refractivity contribution in [3.8, 4) is 0 Å². The summed E-state index contributed by atoms with van der Waals surface area (Å²) in [6, 6.07) is 5.94. The molecule has 0 aliphatic carbocycles. The predicted octanol–water partition coefficient (Wildman–Crippen LogP) is 1.77. The van der Waals surface area contributed by atoms with E-state index in [1.54, 1.807) is 24.3 Å². The SMILES string of the molecule is CC(C)C[C@H](NC(=O)[C@H](CC(C)C)NC(=O)[C@H](CCCN=C(N)N)NC(=O)OCc1ccccc1)C(=O)NC/C(O)=C/[N+]#N. The number of carbonyl (C=O) groups excluding carboxylic acids is 4. The average molecular weight is 617 g/mol. The van der Waals surface area contributed by atoms with E-state index in [2.05, 4.69) is 31.2 Å². The van der Waals surface area contributed by atoms with Gasteiger partial charge in [0.2, 0.25) is 23.1 Å². The maximum atomic E-state index is 13.4. The highest BCUT2D eigenvalue weighted by atomic mass is 16.5. The molecule has 0 aliphatic heterocycles. The molecule has 0 bridgehead atoms. The Bertz CT molecular complexity index is 1180. The number of amides is 4. The Morgan fingerprint density at radius 1 is 0.932 bits per heavy atom. The van der Waals surface area contributed by atoms with Crippen LogP contribution >= 0.6 is 0 Å². The lowest BCUT2D eigenvalue weighted by molar-refractivity contribution is -0.133. The summed E-state index contributed by atoms with van der Waals surface area (Å²) in [6.45, 7) is 7.39. The topological polar surface area (TPSA) is 238 Å². The number of nitrogens with two attached hydrogens (primary N) is 2. The second-order valence-electron chi connectivity index (χ2n) is 11.0. The van der Waals surface area contributed by atoms with Gasteiger partial charge in [0.05, 0.1) is 6.54 Å². The zero-order valence-corrected chi connectivity index (χ0v) is 25.8. The fourth-order valence-corrected chi connectivity index (χ4v) is 4.04. The van der Waals surface area contributed by atoms with E-state index in [0.29, 0.717) is 6.42 Å². The Labute approximate surface area is 257 Å². The largest absolute Gasteiger partial charge is 0.504 e. The number of alkyl carbamates (subject to hydrolysis) is 1. The summed E-state index contributed by atoms with van der Waals surface area (Å²) in [5.41, 5.74) is 11.5. The molecule has 0 aromatic heterocycles. The molecule has 15 heteroatoms. The smallest absolute Gasteiger partial charge is 0.408 e. The number of aliphatic hydroxyl groups excluding tert-OH is 1. The van der Waals surface area contributed by atoms with Gasteiger partial charge in [-0.3, -0.25) is 19.4 Å². The number of guanidine groups is 1. The van der Waals surface area contributed by atoms with E-state index in [1.807, 2.05) is 33.8 Å². The number of hydrogen-bond donors (Lipinski definition) is 7. The zero-order chi connectivity index (χ0) is 33.1. The Hall–Kier alpha value is -4.87. The van der Waals surface area contributed by atoms with Crippen LogP contribution in [0, 0.1) is 17.2 Å². The van der Waals surface area contributed by atoms with Crippen LogP contribution < -0.4 is 32.7 Å². The molecule has 0 saturated heterocycles. The van der Waals surface area contributed by atoms with Gasteiger partial charge in [-0.25, -0.2) is 4.79 Å². The van der Waals surface area contributed by atoms with Gasteiger partial charge >= 0.3 is 12.3 Å². The van der Waals surface area contributed by atoms with Crippen molar-refractivity contribution < 1.29 is 29.0 Å². The molecular weight excluding hydrogens is 570 g/mol. The first kappa shape index (κ1) is 37.2. The van der Waals surface area contributed by atoms with Crippen molar-refractivity contribution >= 4 is 29.8 Å². The number of ether oxygens (including phenoxy) is 1. The Morgan fingerprint density at radius 3 is 2.05 bits per heavy atom. The van der Waals surface area contributed by atoms with Gasteiger partial charge in [-0.05, 0) is 43.1 Å². The summed E-state index contributed by atoms with van der Waals surface area (Å²) in [5, 5.41) is 28.6. The molecule has 0 spiro atoms. The van der Waals surface area contributed by atoms with Crippen molar-refractivity contribution in [1.82, 2.24) is 21.3 Å². The zero-order valence-electron chi connectivity index (χ0n) is 25.8. The first-order chi connectivity index (χ1) is 20.8. The molecule has 44 heavy (non-hydrogen) atoms. The molecule has 3 atom stereocenters. The van der Waals surface area contributed by atoms with Gasteiger partial charge in [-0.1, -0.05) is 58.0 Å². The molecule has 0 saturated carbocycles. The maximum Gasteiger partial charge on any atom is 0.408 e. The number of benzene rings is 1. The maximum absolute atomic E-state index is 13.4. The lowest BCUT2D eigenvalue weighted by Gasteiger charge is -2.26. The molecule has 0 unspecified atom stereocenters. The van der Waals surface area contributed by atoms with Gasteiger partial charge in [-0.15, -0.1) is 0 Å². The van der Waals surface area contributed by atoms with Crippen LogP contribution in [-0.4, -0.2) is 66.1 Å². The summed E-state index contributed by atoms with van der Waals surface area (Å²) in [6.07, 6.45) is 0.960. The van der Waals surface area contributed by atoms with Crippen LogP contribution in [0.1, 0.15) is 58.9 Å². The number of nitrogens with one attached hydrogen (secondary N) is 4. The second-order valence-corrected chi connectivity index (χ2v) is 11.0. The van der Waals surface area contributed by atoms with E-state index in [4.69, 9.17) is 21.6 Å². The first-order valence-corrected chi connectivity index (χ1v) is 14.5. The Balaban J connectivity index is 3.04. The molecule has 1 rings (SSSR count). The van der Waals surface area contributed by atoms with Gasteiger partial charge in [-0.2, -0.15) is 0 Å². The summed E-state index contributed by atoms with van der Waals surface area (Å²) < 4.78 is 5.28. The van der Waals surface area contributed by atoms with Crippen molar-refractivity contribution in [1.29, 1.82) is 5.39 Å². The molecule has 4 amide bonds. The molecule has 15 nitrogen and oxygen atoms in total. The number of aliphatic imine (C=N–C) groups is 1. The molecule has 1 aromatic carbocycles. The molecule has 0 fully saturated rings. The van der Waals surface area contributed by atoms with Crippen LogP contribution in [0.25, 0.3) is 4.98 Å². The van der Waals surface area contributed by atoms with Gasteiger partial charge < -0.3 is 42.6 Å². The number of aliphatic hydroxyl groups is 1. The summed E-state index contributed by atoms with van der Waals surface area (Å²) in [7, 11) is 0. The van der Waals surface area contributed by atoms with Crippen LogP contribution in [0.5, 0.6) is 0 Å². The van der Waals surface area contributed by atoms with Crippen LogP contribution in [0.2, 0.25) is 0 Å². The van der Waals surface area contributed by atoms with Crippen LogP contribution in [0.3, 0.4) is 0 Å². The molecular formula is C29H46N9O6+. The fourth-order valence-electron chi connectivity index (χ4n) is 4.04. The Kier molecular flexibility index (Phi) is 17.0. The van der Waals surface area contributed by atoms with E-state index in [-0.39, 0.29) is 62.5 Å². The van der Waals surface area contributed by atoms with Crippen LogP contribution in [0.15, 0.2) is 47.3 Å². The monoisotopic (exact) mass is 616 g/mol. The summed E-state index contributed by atoms with van der Waals surface area (Å²) in [4.78, 5) is 58.9. The molecule has 0 radical (unpaired) electrons. The number of nitrogens with zero attached hydrogens (tertiary/aromatic N) is 3. The van der Waals surface area contributed by atoms with Crippen LogP contribution in [-0.2, 0) is 25.7 Å². The summed E-state index contributed by atoms with van der Waals surface area (Å²) in [5.74, 6) is -2.28. The minimum atomic E-state index is -1.07. The highest BCUT2D eigenvalue weighted by molar-refractivity contribution is 5.93.